The van der Waals surface area contributed by atoms with Gasteiger partial charge in [0.1, 0.15) is 0 Å². The van der Waals surface area contributed by atoms with E-state index < -0.39 is 0 Å². The standard InChI is InChI=1S/C13H17BrN4/c1-10-5-6-11(14)8-13(10)18-9-12(16-17-18)4-2-3-7-15/h5-6,8-9H,2-4,7,15H2,1H3. The number of aryl methyl sites for hydroxylation is 2. The molecule has 4 nitrogen and oxygen atoms in total. The molecule has 2 aromatic rings. The minimum absolute atomic E-state index is 0.735. The second-order valence-electron chi connectivity index (χ2n) is 4.33. The maximum absolute atomic E-state index is 5.48. The number of unbranched alkanes of at least 4 members (excludes halogenated alkanes) is 1. The van der Waals surface area contributed by atoms with Crippen LogP contribution in [0.4, 0.5) is 0 Å². The Morgan fingerprint density at radius 3 is 2.94 bits per heavy atom. The quantitative estimate of drug-likeness (QED) is 0.864. The number of halogens is 1. The molecule has 0 radical (unpaired) electrons. The molecule has 0 saturated heterocycles. The largest absolute Gasteiger partial charge is 0.330 e. The summed E-state index contributed by atoms with van der Waals surface area (Å²) in [4.78, 5) is 0. The van der Waals surface area contributed by atoms with Gasteiger partial charge in [-0.25, -0.2) is 4.68 Å². The first kappa shape index (κ1) is 13.2. The van der Waals surface area contributed by atoms with Gasteiger partial charge in [-0.15, -0.1) is 5.10 Å². The molecule has 1 heterocycles. The van der Waals surface area contributed by atoms with E-state index in [9.17, 15) is 0 Å². The van der Waals surface area contributed by atoms with Crippen LogP contribution >= 0.6 is 15.9 Å². The van der Waals surface area contributed by atoms with E-state index in [-0.39, 0.29) is 0 Å². The van der Waals surface area contributed by atoms with E-state index in [1.165, 1.54) is 5.56 Å². The lowest BCUT2D eigenvalue weighted by Gasteiger charge is -2.04. The summed E-state index contributed by atoms with van der Waals surface area (Å²) < 4.78 is 2.88. The first-order chi connectivity index (χ1) is 8.70. The van der Waals surface area contributed by atoms with Gasteiger partial charge in [0.15, 0.2) is 0 Å². The zero-order valence-electron chi connectivity index (χ0n) is 10.4. The first-order valence-corrected chi connectivity index (χ1v) is 6.88. The highest BCUT2D eigenvalue weighted by molar-refractivity contribution is 9.10. The van der Waals surface area contributed by atoms with Gasteiger partial charge < -0.3 is 5.73 Å². The zero-order valence-corrected chi connectivity index (χ0v) is 12.0. The topological polar surface area (TPSA) is 56.7 Å². The number of benzene rings is 1. The Morgan fingerprint density at radius 2 is 2.17 bits per heavy atom. The van der Waals surface area contributed by atoms with Crippen molar-refractivity contribution in [3.8, 4) is 5.69 Å². The van der Waals surface area contributed by atoms with Gasteiger partial charge in [-0.1, -0.05) is 27.2 Å². The molecular weight excluding hydrogens is 292 g/mol. The van der Waals surface area contributed by atoms with Gasteiger partial charge in [-0.05, 0) is 50.4 Å². The molecule has 0 unspecified atom stereocenters. The Kier molecular flexibility index (Phi) is 4.49. The van der Waals surface area contributed by atoms with Crippen molar-refractivity contribution in [1.29, 1.82) is 0 Å². The summed E-state index contributed by atoms with van der Waals surface area (Å²) >= 11 is 3.48. The highest BCUT2D eigenvalue weighted by atomic mass is 79.9. The average Bonchev–Trinajstić information content (AvgIpc) is 2.81. The van der Waals surface area contributed by atoms with Crippen molar-refractivity contribution in [2.24, 2.45) is 5.73 Å². The Labute approximate surface area is 115 Å². The fourth-order valence-corrected chi connectivity index (χ4v) is 2.16. The second-order valence-corrected chi connectivity index (χ2v) is 5.25. The molecular formula is C13H17BrN4. The molecule has 2 rings (SSSR count). The van der Waals surface area contributed by atoms with Crippen molar-refractivity contribution in [3.63, 3.8) is 0 Å². The molecule has 0 aliphatic heterocycles. The van der Waals surface area contributed by atoms with E-state index in [0.29, 0.717) is 0 Å². The van der Waals surface area contributed by atoms with Gasteiger partial charge >= 0.3 is 0 Å². The van der Waals surface area contributed by atoms with Crippen LogP contribution in [0.5, 0.6) is 0 Å². The van der Waals surface area contributed by atoms with Crippen molar-refractivity contribution in [2.45, 2.75) is 26.2 Å². The number of aromatic nitrogens is 3. The predicted octanol–water partition coefficient (Wildman–Crippen LogP) is 2.62. The molecule has 0 aliphatic rings. The monoisotopic (exact) mass is 308 g/mol. The van der Waals surface area contributed by atoms with Crippen LogP contribution in [-0.4, -0.2) is 21.5 Å². The number of nitrogens with zero attached hydrogens (tertiary/aromatic N) is 3. The molecule has 0 spiro atoms. The molecule has 0 fully saturated rings. The molecule has 1 aromatic carbocycles. The molecule has 0 amide bonds. The van der Waals surface area contributed by atoms with Gasteiger partial charge in [0.2, 0.25) is 0 Å². The van der Waals surface area contributed by atoms with Crippen molar-refractivity contribution in [3.05, 3.63) is 40.1 Å². The SMILES string of the molecule is Cc1ccc(Br)cc1-n1cc(CCCCN)nn1. The van der Waals surface area contributed by atoms with E-state index in [0.717, 1.165) is 41.7 Å². The fraction of sp³-hybridized carbons (Fsp3) is 0.385. The van der Waals surface area contributed by atoms with E-state index in [4.69, 9.17) is 5.73 Å². The number of rotatable bonds is 5. The maximum atomic E-state index is 5.48. The molecule has 2 N–H and O–H groups in total. The molecule has 0 bridgehead atoms. The average molecular weight is 309 g/mol. The van der Waals surface area contributed by atoms with E-state index in [1.54, 1.807) is 0 Å². The Balaban J connectivity index is 2.16. The third-order valence-electron chi connectivity index (χ3n) is 2.85. The summed E-state index contributed by atoms with van der Waals surface area (Å²) in [5, 5.41) is 8.37. The third kappa shape index (κ3) is 3.17. The molecule has 1 aromatic heterocycles. The van der Waals surface area contributed by atoms with Crippen molar-refractivity contribution in [2.75, 3.05) is 6.54 Å². The van der Waals surface area contributed by atoms with E-state index >= 15 is 0 Å². The van der Waals surface area contributed by atoms with E-state index in [2.05, 4.69) is 39.2 Å². The summed E-state index contributed by atoms with van der Waals surface area (Å²) in [5.41, 5.74) is 8.73. The highest BCUT2D eigenvalue weighted by Gasteiger charge is 2.05. The normalized spacial score (nSPS) is 10.8. The summed E-state index contributed by atoms with van der Waals surface area (Å²) in [7, 11) is 0. The maximum Gasteiger partial charge on any atom is 0.0831 e. The lowest BCUT2D eigenvalue weighted by molar-refractivity contribution is 0.727. The van der Waals surface area contributed by atoms with Crippen LogP contribution in [0.15, 0.2) is 28.9 Å². The van der Waals surface area contributed by atoms with Gasteiger partial charge in [0.05, 0.1) is 17.6 Å². The van der Waals surface area contributed by atoms with Crippen molar-refractivity contribution in [1.82, 2.24) is 15.0 Å². The van der Waals surface area contributed by atoms with Gasteiger partial charge in [0, 0.05) is 4.47 Å². The van der Waals surface area contributed by atoms with Gasteiger partial charge in [0.25, 0.3) is 0 Å². The van der Waals surface area contributed by atoms with Gasteiger partial charge in [-0.3, -0.25) is 0 Å². The Bertz CT molecular complexity index is 521. The van der Waals surface area contributed by atoms with Crippen LogP contribution in [0, 0.1) is 6.92 Å². The van der Waals surface area contributed by atoms with Gasteiger partial charge in [-0.2, -0.15) is 0 Å². The summed E-state index contributed by atoms with van der Waals surface area (Å²) in [6, 6.07) is 6.14. The van der Waals surface area contributed by atoms with Crippen molar-refractivity contribution >= 4 is 15.9 Å². The molecule has 96 valence electrons. The minimum atomic E-state index is 0.735. The third-order valence-corrected chi connectivity index (χ3v) is 3.34. The molecule has 0 atom stereocenters. The zero-order chi connectivity index (χ0) is 13.0. The first-order valence-electron chi connectivity index (χ1n) is 6.08. The summed E-state index contributed by atoms with van der Waals surface area (Å²) in [5.74, 6) is 0. The minimum Gasteiger partial charge on any atom is -0.330 e. The molecule has 5 heteroatoms. The summed E-state index contributed by atoms with van der Waals surface area (Å²) in [6.45, 7) is 2.80. The highest BCUT2D eigenvalue weighted by Crippen LogP contribution is 2.19. The lowest BCUT2D eigenvalue weighted by atomic mass is 10.2. The van der Waals surface area contributed by atoms with Crippen LogP contribution in [0.25, 0.3) is 5.69 Å². The van der Waals surface area contributed by atoms with E-state index in [1.807, 2.05) is 23.0 Å². The number of hydrogen-bond acceptors (Lipinski definition) is 3. The Morgan fingerprint density at radius 1 is 1.33 bits per heavy atom. The predicted molar refractivity (Wildman–Crippen MR) is 75.8 cm³/mol. The van der Waals surface area contributed by atoms with Crippen LogP contribution < -0.4 is 5.73 Å². The van der Waals surface area contributed by atoms with Crippen LogP contribution in [0.1, 0.15) is 24.1 Å². The van der Waals surface area contributed by atoms with Crippen LogP contribution in [0.3, 0.4) is 0 Å². The van der Waals surface area contributed by atoms with Crippen LogP contribution in [-0.2, 0) is 6.42 Å². The smallest absolute Gasteiger partial charge is 0.0831 e. The molecule has 0 aliphatic carbocycles. The second kappa shape index (κ2) is 6.11. The Hall–Kier alpha value is -1.20. The molecule has 18 heavy (non-hydrogen) atoms. The number of nitrogens with two attached hydrogens (primary N) is 1. The molecule has 0 saturated carbocycles. The van der Waals surface area contributed by atoms with Crippen LogP contribution in [0.2, 0.25) is 0 Å². The van der Waals surface area contributed by atoms with Crippen molar-refractivity contribution < 1.29 is 0 Å². The lowest BCUT2D eigenvalue weighted by Crippen LogP contribution is -1.99. The summed E-state index contributed by atoms with van der Waals surface area (Å²) in [6.07, 6.45) is 5.02. The number of hydrogen-bond donors (Lipinski definition) is 1. The fourth-order valence-electron chi connectivity index (χ4n) is 1.81.